The van der Waals surface area contributed by atoms with Crippen molar-refractivity contribution in [3.8, 4) is 22.6 Å². The Morgan fingerprint density at radius 3 is 2.28 bits per heavy atom. The molecule has 0 N–H and O–H groups in total. The zero-order valence-corrected chi connectivity index (χ0v) is 27.3. The molecule has 4 aromatic carbocycles. The van der Waals surface area contributed by atoms with Crippen LogP contribution < -0.4 is 9.47 Å². The Kier molecular flexibility index (Phi) is 7.26. The van der Waals surface area contributed by atoms with Crippen molar-refractivity contribution in [2.45, 2.75) is 60.3 Å². The molecule has 0 radical (unpaired) electrons. The van der Waals surface area contributed by atoms with Gasteiger partial charge in [0.1, 0.15) is 11.5 Å². The molecule has 3 aliphatic rings. The van der Waals surface area contributed by atoms with E-state index in [0.29, 0.717) is 0 Å². The zero-order valence-electron chi connectivity index (χ0n) is 25.6. The Labute approximate surface area is 264 Å². The molecule has 4 aromatic rings. The molecule has 1 heterocycles. The molecular formula is C39H38O2S2. The summed E-state index contributed by atoms with van der Waals surface area (Å²) in [5.41, 5.74) is 8.52. The molecule has 43 heavy (non-hydrogen) atoms. The van der Waals surface area contributed by atoms with Gasteiger partial charge >= 0.3 is 0 Å². The van der Waals surface area contributed by atoms with E-state index in [0.717, 1.165) is 42.7 Å². The first-order valence-corrected chi connectivity index (χ1v) is 17.7. The summed E-state index contributed by atoms with van der Waals surface area (Å²) in [7, 11) is 1.72. The van der Waals surface area contributed by atoms with E-state index in [1.807, 2.05) is 23.5 Å². The Morgan fingerprint density at radius 2 is 1.63 bits per heavy atom. The lowest BCUT2D eigenvalue weighted by Gasteiger charge is -2.41. The molecule has 4 heteroatoms. The quantitative estimate of drug-likeness (QED) is 0.196. The molecule has 0 saturated carbocycles. The number of thioether (sulfide) groups is 2. The van der Waals surface area contributed by atoms with Crippen LogP contribution in [0.5, 0.6) is 11.5 Å². The van der Waals surface area contributed by atoms with Crippen LogP contribution in [0, 0.1) is 0 Å². The molecular weight excluding hydrogens is 565 g/mol. The van der Waals surface area contributed by atoms with Gasteiger partial charge < -0.3 is 9.47 Å². The molecule has 2 aliphatic carbocycles. The zero-order chi connectivity index (χ0) is 29.8. The van der Waals surface area contributed by atoms with Crippen molar-refractivity contribution < 1.29 is 9.47 Å². The number of rotatable bonds is 7. The molecule has 1 unspecified atom stereocenters. The van der Waals surface area contributed by atoms with Gasteiger partial charge in [-0.05, 0) is 102 Å². The summed E-state index contributed by atoms with van der Waals surface area (Å²) in [5, 5.41) is 2.49. The monoisotopic (exact) mass is 602 g/mol. The molecule has 2 nitrogen and oxygen atoms in total. The normalized spacial score (nSPS) is 19.4. The lowest BCUT2D eigenvalue weighted by atomic mass is 9.71. The van der Waals surface area contributed by atoms with E-state index in [9.17, 15) is 0 Å². The van der Waals surface area contributed by atoms with E-state index in [-0.39, 0.29) is 5.41 Å². The molecule has 0 saturated heterocycles. The Hall–Kier alpha value is -3.34. The molecule has 1 aliphatic heterocycles. The van der Waals surface area contributed by atoms with Gasteiger partial charge in [0.15, 0.2) is 5.60 Å². The second-order valence-electron chi connectivity index (χ2n) is 11.6. The first-order valence-electron chi connectivity index (χ1n) is 15.3. The van der Waals surface area contributed by atoms with Gasteiger partial charge in [0.05, 0.1) is 7.11 Å². The summed E-state index contributed by atoms with van der Waals surface area (Å²) in [5.74, 6) is 1.85. The Morgan fingerprint density at radius 1 is 0.907 bits per heavy atom. The highest BCUT2D eigenvalue weighted by Gasteiger charge is 2.47. The predicted molar refractivity (Wildman–Crippen MR) is 185 cm³/mol. The topological polar surface area (TPSA) is 18.5 Å². The van der Waals surface area contributed by atoms with Gasteiger partial charge in [0, 0.05) is 31.7 Å². The van der Waals surface area contributed by atoms with E-state index in [2.05, 4.69) is 117 Å². The summed E-state index contributed by atoms with van der Waals surface area (Å²) in [6.07, 6.45) is 19.8. The lowest BCUT2D eigenvalue weighted by molar-refractivity contribution is 0.154. The van der Waals surface area contributed by atoms with Gasteiger partial charge in [0.2, 0.25) is 0 Å². The van der Waals surface area contributed by atoms with Crippen molar-refractivity contribution in [2.24, 2.45) is 0 Å². The lowest BCUT2D eigenvalue weighted by Crippen LogP contribution is -2.36. The Bertz CT molecular complexity index is 1830. The highest BCUT2D eigenvalue weighted by molar-refractivity contribution is 8.01. The fourth-order valence-electron chi connectivity index (χ4n) is 7.74. The minimum atomic E-state index is -0.699. The molecule has 0 bridgehead atoms. The standard InChI is InChI=1S/C39H38O2S2/c1-6-38(7-2)32-16-12-11-15-28(32)35-30-23-33(42-4)34(43-5)24-31(30)37-29(36(35)38)21-22-39(41-37,25-13-9-8-10-14-25)26-17-19-27(40-3)20-18-26/h8-9,11-13,15-24H,6-7,10,14H2,1-5H3. The maximum atomic E-state index is 7.57. The number of allylic oxidation sites excluding steroid dienone is 3. The summed E-state index contributed by atoms with van der Waals surface area (Å²) in [4.78, 5) is 2.61. The summed E-state index contributed by atoms with van der Waals surface area (Å²) in [6.45, 7) is 4.70. The average Bonchev–Trinajstić information content (AvgIpc) is 3.38. The number of hydrogen-bond donors (Lipinski definition) is 0. The van der Waals surface area contributed by atoms with Crippen LogP contribution in [-0.4, -0.2) is 19.6 Å². The van der Waals surface area contributed by atoms with Gasteiger partial charge in [-0.3, -0.25) is 0 Å². The molecule has 0 spiro atoms. The van der Waals surface area contributed by atoms with Gasteiger partial charge in [-0.25, -0.2) is 0 Å². The van der Waals surface area contributed by atoms with Gasteiger partial charge in [-0.2, -0.15) is 0 Å². The van der Waals surface area contributed by atoms with Crippen molar-refractivity contribution in [3.05, 3.63) is 113 Å². The third-order valence-corrected chi connectivity index (χ3v) is 11.6. The minimum absolute atomic E-state index is 0.0669. The first-order chi connectivity index (χ1) is 21.0. The number of ether oxygens (including phenoxy) is 2. The van der Waals surface area contributed by atoms with Crippen molar-refractivity contribution in [2.75, 3.05) is 19.6 Å². The number of methoxy groups -OCH3 is 1. The average molecular weight is 603 g/mol. The van der Waals surface area contributed by atoms with Crippen LogP contribution in [-0.2, 0) is 11.0 Å². The summed E-state index contributed by atoms with van der Waals surface area (Å²) < 4.78 is 13.1. The maximum absolute atomic E-state index is 7.57. The van der Waals surface area contributed by atoms with Gasteiger partial charge in [-0.15, -0.1) is 23.5 Å². The van der Waals surface area contributed by atoms with Crippen LogP contribution in [0.4, 0.5) is 0 Å². The third kappa shape index (κ3) is 4.09. The maximum Gasteiger partial charge on any atom is 0.174 e. The minimum Gasteiger partial charge on any atom is -0.497 e. The fourth-order valence-corrected chi connectivity index (χ4v) is 9.24. The SMILES string of the molecule is CCC1(CC)c2ccccc2-c2c1c1c(c3cc(SC)c(SC)cc23)OC(C2=CC=CCC2)(c2ccc(OC)cc2)C=C1. The van der Waals surface area contributed by atoms with Crippen LogP contribution >= 0.6 is 23.5 Å². The van der Waals surface area contributed by atoms with Gasteiger partial charge in [0.25, 0.3) is 0 Å². The second kappa shape index (κ2) is 11.0. The fraction of sp³-hybridized carbons (Fsp3) is 0.282. The predicted octanol–water partition coefficient (Wildman–Crippen LogP) is 11.0. The van der Waals surface area contributed by atoms with E-state index in [1.165, 1.54) is 54.0 Å². The molecule has 0 amide bonds. The van der Waals surface area contributed by atoms with Crippen LogP contribution in [0.25, 0.3) is 28.0 Å². The van der Waals surface area contributed by atoms with Crippen LogP contribution in [0.3, 0.4) is 0 Å². The highest BCUT2D eigenvalue weighted by Crippen LogP contribution is 2.61. The van der Waals surface area contributed by atoms with Crippen molar-refractivity contribution in [3.63, 3.8) is 0 Å². The summed E-state index contributed by atoms with van der Waals surface area (Å²) in [6, 6.07) is 22.4. The molecule has 0 fully saturated rings. The van der Waals surface area contributed by atoms with Crippen LogP contribution in [0.2, 0.25) is 0 Å². The van der Waals surface area contributed by atoms with E-state index >= 15 is 0 Å². The van der Waals surface area contributed by atoms with Crippen LogP contribution in [0.15, 0.2) is 100 Å². The number of hydrogen-bond acceptors (Lipinski definition) is 4. The third-order valence-electron chi connectivity index (χ3n) is 9.96. The van der Waals surface area contributed by atoms with Crippen molar-refractivity contribution in [1.82, 2.24) is 0 Å². The van der Waals surface area contributed by atoms with Crippen molar-refractivity contribution >= 4 is 40.4 Å². The molecule has 218 valence electrons. The van der Waals surface area contributed by atoms with E-state index < -0.39 is 5.60 Å². The van der Waals surface area contributed by atoms with Gasteiger partial charge in [-0.1, -0.05) is 74.5 Å². The van der Waals surface area contributed by atoms with E-state index in [4.69, 9.17) is 9.47 Å². The number of benzene rings is 4. The summed E-state index contributed by atoms with van der Waals surface area (Å²) >= 11 is 3.64. The van der Waals surface area contributed by atoms with Crippen LogP contribution in [0.1, 0.15) is 61.8 Å². The Balaban J connectivity index is 1.59. The number of fused-ring (bicyclic) bond motifs is 8. The first kappa shape index (κ1) is 28.4. The second-order valence-corrected chi connectivity index (χ2v) is 13.3. The smallest absolute Gasteiger partial charge is 0.174 e. The molecule has 7 rings (SSSR count). The largest absolute Gasteiger partial charge is 0.497 e. The van der Waals surface area contributed by atoms with E-state index in [1.54, 1.807) is 7.11 Å². The van der Waals surface area contributed by atoms with Crippen molar-refractivity contribution in [1.29, 1.82) is 0 Å². The molecule has 1 atom stereocenters. The highest BCUT2D eigenvalue weighted by atomic mass is 32.2. The molecule has 0 aromatic heterocycles.